The van der Waals surface area contributed by atoms with Crippen molar-refractivity contribution in [2.24, 2.45) is 0 Å². The highest BCUT2D eigenvalue weighted by molar-refractivity contribution is 7.26. The van der Waals surface area contributed by atoms with Crippen LogP contribution in [0.15, 0.2) is 261 Å². The molecule has 4 aromatic heterocycles. The zero-order valence-corrected chi connectivity index (χ0v) is 41.3. The molecule has 15 rings (SSSR count). The molecule has 15 aromatic rings. The van der Waals surface area contributed by atoms with Crippen molar-refractivity contribution in [1.29, 1.82) is 0 Å². The van der Waals surface area contributed by atoms with Gasteiger partial charge in [0.2, 0.25) is 0 Å². The Hall–Kier alpha value is -9.75. The van der Waals surface area contributed by atoms with E-state index in [1.807, 2.05) is 47.7 Å². The van der Waals surface area contributed by atoms with Gasteiger partial charge in [-0.2, -0.15) is 0 Å². The van der Waals surface area contributed by atoms with Crippen molar-refractivity contribution in [3.63, 3.8) is 0 Å². The normalized spacial score (nSPS) is 11.7. The Morgan fingerprint density at radius 1 is 0.280 bits per heavy atom. The molecule has 0 unspecified atom stereocenters. The first-order chi connectivity index (χ1) is 37.2. The maximum atomic E-state index is 5.32. The molecule has 0 amide bonds. The fourth-order valence-electron chi connectivity index (χ4n) is 11.4. The van der Waals surface area contributed by atoms with Crippen LogP contribution >= 0.6 is 11.3 Å². The van der Waals surface area contributed by atoms with Crippen molar-refractivity contribution in [2.75, 3.05) is 0 Å². The molecule has 0 aliphatic rings. The molecular formula is C69H43N5S. The summed E-state index contributed by atoms with van der Waals surface area (Å²) in [7, 11) is 0. The van der Waals surface area contributed by atoms with E-state index in [4.69, 9.17) is 15.0 Å². The number of aromatic nitrogens is 5. The number of benzene rings is 11. The molecule has 11 aromatic carbocycles. The summed E-state index contributed by atoms with van der Waals surface area (Å²) in [5.41, 5.74) is 16.3. The molecule has 5 nitrogen and oxygen atoms in total. The van der Waals surface area contributed by atoms with Crippen LogP contribution in [0.3, 0.4) is 0 Å². The summed E-state index contributed by atoms with van der Waals surface area (Å²) >= 11 is 1.87. The second-order valence-electron chi connectivity index (χ2n) is 19.1. The van der Waals surface area contributed by atoms with Crippen molar-refractivity contribution in [2.45, 2.75) is 0 Å². The van der Waals surface area contributed by atoms with Gasteiger partial charge in [-0.3, -0.25) is 0 Å². The Labute approximate surface area is 436 Å². The highest BCUT2D eigenvalue weighted by Crippen LogP contribution is 2.48. The van der Waals surface area contributed by atoms with Crippen LogP contribution in [0.4, 0.5) is 0 Å². The fraction of sp³-hybridized carbons (Fsp3) is 0. The van der Waals surface area contributed by atoms with Gasteiger partial charge < -0.3 is 9.13 Å². The van der Waals surface area contributed by atoms with Gasteiger partial charge in [0, 0.05) is 64.1 Å². The smallest absolute Gasteiger partial charge is 0.166 e. The number of hydrogen-bond acceptors (Lipinski definition) is 4. The minimum Gasteiger partial charge on any atom is -0.309 e. The third-order valence-electron chi connectivity index (χ3n) is 14.8. The lowest BCUT2D eigenvalue weighted by Gasteiger charge is -2.17. The summed E-state index contributed by atoms with van der Waals surface area (Å²) in [6, 6.07) is 93.7. The highest BCUT2D eigenvalue weighted by atomic mass is 32.1. The Morgan fingerprint density at radius 2 is 0.800 bits per heavy atom. The largest absolute Gasteiger partial charge is 0.309 e. The number of nitrogens with zero attached hydrogens (tertiary/aromatic N) is 5. The van der Waals surface area contributed by atoms with Gasteiger partial charge in [0.15, 0.2) is 17.5 Å². The van der Waals surface area contributed by atoms with E-state index < -0.39 is 0 Å². The third kappa shape index (κ3) is 7.03. The van der Waals surface area contributed by atoms with Gasteiger partial charge in [0.25, 0.3) is 0 Å². The molecule has 0 saturated heterocycles. The number of thiophene rings is 1. The summed E-state index contributed by atoms with van der Waals surface area (Å²) in [4.78, 5) is 15.7. The molecule has 350 valence electrons. The third-order valence-corrected chi connectivity index (χ3v) is 16.0. The lowest BCUT2D eigenvalue weighted by Crippen LogP contribution is -2.04. The van der Waals surface area contributed by atoms with Gasteiger partial charge in [-0.25, -0.2) is 15.0 Å². The average molecular weight is 974 g/mol. The van der Waals surface area contributed by atoms with Gasteiger partial charge in [0.05, 0.1) is 27.8 Å². The quantitative estimate of drug-likeness (QED) is 0.152. The summed E-state index contributed by atoms with van der Waals surface area (Å²) in [5.74, 6) is 1.83. The lowest BCUT2D eigenvalue weighted by atomic mass is 9.91. The maximum absolute atomic E-state index is 5.32. The lowest BCUT2D eigenvalue weighted by molar-refractivity contribution is 1.06. The number of fused-ring (bicyclic) bond motifs is 9. The molecule has 0 aliphatic heterocycles. The molecule has 0 spiro atoms. The second kappa shape index (κ2) is 17.5. The van der Waals surface area contributed by atoms with E-state index in [1.165, 1.54) is 53.0 Å². The van der Waals surface area contributed by atoms with Crippen molar-refractivity contribution in [1.82, 2.24) is 24.1 Å². The molecule has 0 N–H and O–H groups in total. The van der Waals surface area contributed by atoms with Crippen LogP contribution in [0, 0.1) is 0 Å². The Bertz CT molecular complexity index is 4630. The molecule has 0 bridgehead atoms. The summed E-state index contributed by atoms with van der Waals surface area (Å²) < 4.78 is 7.47. The highest BCUT2D eigenvalue weighted by Gasteiger charge is 2.25. The summed E-state index contributed by atoms with van der Waals surface area (Å²) in [6.07, 6.45) is 0. The van der Waals surface area contributed by atoms with Crippen molar-refractivity contribution >= 4 is 75.1 Å². The van der Waals surface area contributed by atoms with Crippen LogP contribution in [0.2, 0.25) is 0 Å². The van der Waals surface area contributed by atoms with Crippen LogP contribution < -0.4 is 0 Å². The minimum atomic E-state index is 0.595. The minimum absolute atomic E-state index is 0.595. The van der Waals surface area contributed by atoms with Crippen LogP contribution in [0.1, 0.15) is 0 Å². The maximum Gasteiger partial charge on any atom is 0.166 e. The topological polar surface area (TPSA) is 48.5 Å². The predicted octanol–water partition coefficient (Wildman–Crippen LogP) is 18.4. The van der Waals surface area contributed by atoms with Gasteiger partial charge in [0.1, 0.15) is 0 Å². The first-order valence-corrected chi connectivity index (χ1v) is 26.2. The molecule has 0 aliphatic carbocycles. The predicted molar refractivity (Wildman–Crippen MR) is 314 cm³/mol. The van der Waals surface area contributed by atoms with E-state index in [2.05, 4.69) is 234 Å². The van der Waals surface area contributed by atoms with E-state index in [-0.39, 0.29) is 0 Å². The SMILES string of the molecule is c1ccc(-c2ccc(-c3nc(-c4ccccc4)nc(-c4ccccc4)n3)c(-n3c4ccccc4c4c(-c5cc(-c6cccc7c6sc6ccccc67)cc6c5c5ccccc5n6-c5ccccc5)cccc43)c2)cc1. The van der Waals surface area contributed by atoms with Crippen LogP contribution in [-0.4, -0.2) is 24.1 Å². The molecule has 4 heterocycles. The summed E-state index contributed by atoms with van der Waals surface area (Å²) in [5, 5.41) is 7.31. The number of hydrogen-bond donors (Lipinski definition) is 0. The Kier molecular flexibility index (Phi) is 10.00. The van der Waals surface area contributed by atoms with E-state index in [9.17, 15) is 0 Å². The van der Waals surface area contributed by atoms with Crippen molar-refractivity contribution in [3.8, 4) is 78.9 Å². The first-order valence-electron chi connectivity index (χ1n) is 25.3. The van der Waals surface area contributed by atoms with E-state index in [1.54, 1.807) is 0 Å². The first kappa shape index (κ1) is 42.9. The van der Waals surface area contributed by atoms with Crippen molar-refractivity contribution < 1.29 is 0 Å². The van der Waals surface area contributed by atoms with Crippen molar-refractivity contribution in [3.05, 3.63) is 261 Å². The Morgan fingerprint density at radius 3 is 1.49 bits per heavy atom. The Balaban J connectivity index is 1.05. The zero-order valence-electron chi connectivity index (χ0n) is 40.5. The standard InChI is InChI=1S/C69H43N5S/c1-5-21-44(22-6-1)47-39-40-56(69-71-67(45-23-7-2-8-24-45)70-68(72-69)46-25-9-3-10-26-46)61(42-47)74-59-36-17-14-31-55(59)64-52(33-20-37-60(64)74)57-41-48(50-32-19-34-53-51-29-15-18-38-63(51)75-66(50)53)43-62-65(57)54-30-13-16-35-58(54)73(62)49-27-11-4-12-28-49/h1-43H. The fourth-order valence-corrected chi connectivity index (χ4v) is 12.7. The van der Waals surface area contributed by atoms with E-state index in [0.29, 0.717) is 17.5 Å². The second-order valence-corrected chi connectivity index (χ2v) is 20.1. The average Bonchev–Trinajstić information content (AvgIpc) is 4.24. The molecule has 0 radical (unpaired) electrons. The number of para-hydroxylation sites is 3. The monoisotopic (exact) mass is 973 g/mol. The molecule has 75 heavy (non-hydrogen) atoms. The van der Waals surface area contributed by atoms with Gasteiger partial charge in [-0.05, 0) is 94.0 Å². The summed E-state index contributed by atoms with van der Waals surface area (Å²) in [6.45, 7) is 0. The van der Waals surface area contributed by atoms with Crippen LogP contribution in [-0.2, 0) is 0 Å². The van der Waals surface area contributed by atoms with Gasteiger partial charge in [-0.15, -0.1) is 11.3 Å². The number of rotatable bonds is 8. The zero-order chi connectivity index (χ0) is 49.4. The molecule has 6 heteroatoms. The molecular weight excluding hydrogens is 931 g/mol. The van der Waals surface area contributed by atoms with Gasteiger partial charge >= 0.3 is 0 Å². The molecule has 0 fully saturated rings. The van der Waals surface area contributed by atoms with Gasteiger partial charge in [-0.1, -0.05) is 200 Å². The van der Waals surface area contributed by atoms with E-state index >= 15 is 0 Å². The van der Waals surface area contributed by atoms with Crippen LogP contribution in [0.5, 0.6) is 0 Å². The molecule has 0 atom stereocenters. The van der Waals surface area contributed by atoms with E-state index in [0.717, 1.165) is 72.2 Å². The molecule has 0 saturated carbocycles. The van der Waals surface area contributed by atoms with Crippen LogP contribution in [0.25, 0.3) is 143 Å².